The summed E-state index contributed by atoms with van der Waals surface area (Å²) < 4.78 is 26.9. The lowest BCUT2D eigenvalue weighted by atomic mass is 10.2. The van der Waals surface area contributed by atoms with Crippen LogP contribution in [0.25, 0.3) is 0 Å². The molecule has 2 aliphatic rings. The molecule has 1 N–H and O–H groups in total. The zero-order valence-electron chi connectivity index (χ0n) is 13.5. The molecule has 0 bridgehead atoms. The lowest BCUT2D eigenvalue weighted by molar-refractivity contribution is -0.117. The first-order chi connectivity index (χ1) is 11.0. The van der Waals surface area contributed by atoms with Gasteiger partial charge in [-0.2, -0.15) is 4.31 Å². The van der Waals surface area contributed by atoms with Gasteiger partial charge < -0.3 is 5.32 Å². The number of nitrogens with zero attached hydrogens (tertiary/aromatic N) is 1. The monoisotopic (exact) mass is 336 g/mol. The summed E-state index contributed by atoms with van der Waals surface area (Å²) in [6.07, 6.45) is 4.97. The van der Waals surface area contributed by atoms with E-state index in [1.807, 2.05) is 0 Å². The van der Waals surface area contributed by atoms with Crippen LogP contribution in [0.3, 0.4) is 0 Å². The van der Waals surface area contributed by atoms with E-state index in [0.717, 1.165) is 32.1 Å². The maximum absolute atomic E-state index is 12.7. The van der Waals surface area contributed by atoms with Crippen molar-refractivity contribution in [1.29, 1.82) is 0 Å². The fraction of sp³-hybridized carbons (Fsp3) is 0.588. The van der Waals surface area contributed by atoms with Crippen LogP contribution in [-0.2, 0) is 14.8 Å². The minimum absolute atomic E-state index is 0.0284. The molecule has 5 nitrogen and oxygen atoms in total. The SMILES string of the molecule is CC1CC1C(=O)Nc1ccc(S(=O)(=O)N2CCCCCC2)cc1. The van der Waals surface area contributed by atoms with Gasteiger partial charge in [0.25, 0.3) is 0 Å². The van der Waals surface area contributed by atoms with Gasteiger partial charge in [0, 0.05) is 24.7 Å². The largest absolute Gasteiger partial charge is 0.326 e. The van der Waals surface area contributed by atoms with E-state index in [0.29, 0.717) is 29.6 Å². The Hall–Kier alpha value is -1.40. The van der Waals surface area contributed by atoms with Crippen LogP contribution >= 0.6 is 0 Å². The number of sulfonamides is 1. The summed E-state index contributed by atoms with van der Waals surface area (Å²) in [6, 6.07) is 6.53. The van der Waals surface area contributed by atoms with Gasteiger partial charge in [-0.25, -0.2) is 8.42 Å². The second-order valence-electron chi connectivity index (χ2n) is 6.65. The summed E-state index contributed by atoms with van der Waals surface area (Å²) in [6.45, 7) is 3.25. The number of benzene rings is 1. The molecule has 2 atom stereocenters. The predicted octanol–water partition coefficient (Wildman–Crippen LogP) is 2.85. The van der Waals surface area contributed by atoms with Crippen molar-refractivity contribution in [2.75, 3.05) is 18.4 Å². The molecule has 1 aliphatic heterocycles. The van der Waals surface area contributed by atoms with Gasteiger partial charge in [-0.05, 0) is 49.4 Å². The van der Waals surface area contributed by atoms with Gasteiger partial charge in [-0.1, -0.05) is 19.8 Å². The molecule has 1 aromatic rings. The highest BCUT2D eigenvalue weighted by Crippen LogP contribution is 2.38. The Kier molecular flexibility index (Phi) is 4.73. The molecule has 1 aliphatic carbocycles. The van der Waals surface area contributed by atoms with E-state index in [2.05, 4.69) is 12.2 Å². The van der Waals surface area contributed by atoms with Gasteiger partial charge in [-0.3, -0.25) is 4.79 Å². The van der Waals surface area contributed by atoms with Crippen LogP contribution in [0, 0.1) is 11.8 Å². The molecule has 1 saturated carbocycles. The highest BCUT2D eigenvalue weighted by Gasteiger charge is 2.39. The van der Waals surface area contributed by atoms with Crippen molar-refractivity contribution in [2.45, 2.75) is 43.9 Å². The van der Waals surface area contributed by atoms with Crippen molar-refractivity contribution >= 4 is 21.6 Å². The van der Waals surface area contributed by atoms with Gasteiger partial charge in [0.1, 0.15) is 0 Å². The van der Waals surface area contributed by atoms with Crippen LogP contribution in [0.15, 0.2) is 29.2 Å². The van der Waals surface area contributed by atoms with Crippen LogP contribution in [0.1, 0.15) is 39.0 Å². The first-order valence-electron chi connectivity index (χ1n) is 8.39. The summed E-state index contributed by atoms with van der Waals surface area (Å²) in [5.74, 6) is 0.592. The van der Waals surface area contributed by atoms with E-state index in [4.69, 9.17) is 0 Å². The van der Waals surface area contributed by atoms with Gasteiger partial charge in [0.05, 0.1) is 4.90 Å². The fourth-order valence-electron chi connectivity index (χ4n) is 3.06. The maximum atomic E-state index is 12.7. The number of amides is 1. The van der Waals surface area contributed by atoms with Gasteiger partial charge in [-0.15, -0.1) is 0 Å². The first kappa shape index (κ1) is 16.5. The van der Waals surface area contributed by atoms with E-state index in [9.17, 15) is 13.2 Å². The normalized spacial score (nSPS) is 25.6. The molecule has 6 heteroatoms. The molecule has 2 unspecified atom stereocenters. The second kappa shape index (κ2) is 6.61. The highest BCUT2D eigenvalue weighted by atomic mass is 32.2. The zero-order chi connectivity index (χ0) is 16.4. The van der Waals surface area contributed by atoms with E-state index < -0.39 is 10.0 Å². The van der Waals surface area contributed by atoms with Gasteiger partial charge >= 0.3 is 0 Å². The number of carbonyl (C=O) groups excluding carboxylic acids is 1. The zero-order valence-corrected chi connectivity index (χ0v) is 14.3. The molecule has 126 valence electrons. The van der Waals surface area contributed by atoms with Crippen LogP contribution in [0.4, 0.5) is 5.69 Å². The lowest BCUT2D eigenvalue weighted by Crippen LogP contribution is -2.31. The summed E-state index contributed by atoms with van der Waals surface area (Å²) in [5, 5.41) is 2.86. The van der Waals surface area contributed by atoms with E-state index in [-0.39, 0.29) is 11.8 Å². The molecule has 1 aromatic carbocycles. The van der Waals surface area contributed by atoms with Crippen LogP contribution in [0.5, 0.6) is 0 Å². The summed E-state index contributed by atoms with van der Waals surface area (Å²) in [7, 11) is -3.42. The Morgan fingerprint density at radius 2 is 1.65 bits per heavy atom. The number of nitrogens with one attached hydrogen (secondary N) is 1. The molecule has 1 heterocycles. The Balaban J connectivity index is 1.69. The maximum Gasteiger partial charge on any atom is 0.243 e. The Bertz CT molecular complexity index is 662. The number of anilines is 1. The Morgan fingerprint density at radius 3 is 2.17 bits per heavy atom. The number of carbonyl (C=O) groups is 1. The smallest absolute Gasteiger partial charge is 0.243 e. The molecule has 0 aromatic heterocycles. The van der Waals surface area contributed by atoms with Crippen molar-refractivity contribution in [2.24, 2.45) is 11.8 Å². The van der Waals surface area contributed by atoms with Crippen LogP contribution in [-0.4, -0.2) is 31.7 Å². The molecule has 1 saturated heterocycles. The van der Waals surface area contributed by atoms with Gasteiger partial charge in [0.15, 0.2) is 0 Å². The first-order valence-corrected chi connectivity index (χ1v) is 9.83. The molecule has 1 amide bonds. The van der Waals surface area contributed by atoms with Crippen LogP contribution in [0.2, 0.25) is 0 Å². The fourth-order valence-corrected chi connectivity index (χ4v) is 4.58. The third-order valence-corrected chi connectivity index (χ3v) is 6.68. The quantitative estimate of drug-likeness (QED) is 0.919. The summed E-state index contributed by atoms with van der Waals surface area (Å²) in [4.78, 5) is 12.2. The summed E-state index contributed by atoms with van der Waals surface area (Å²) >= 11 is 0. The summed E-state index contributed by atoms with van der Waals surface area (Å²) in [5.41, 5.74) is 0.656. The third kappa shape index (κ3) is 3.75. The molecule has 3 rings (SSSR count). The van der Waals surface area contributed by atoms with Crippen molar-refractivity contribution in [3.63, 3.8) is 0 Å². The standard InChI is InChI=1S/C17H24N2O3S/c1-13-12-16(13)17(20)18-14-6-8-15(9-7-14)23(21,22)19-10-4-2-3-5-11-19/h6-9,13,16H,2-5,10-12H2,1H3,(H,18,20). The van der Waals surface area contributed by atoms with Crippen LogP contribution < -0.4 is 5.32 Å². The number of rotatable bonds is 4. The highest BCUT2D eigenvalue weighted by molar-refractivity contribution is 7.89. The number of hydrogen-bond donors (Lipinski definition) is 1. The Morgan fingerprint density at radius 1 is 1.09 bits per heavy atom. The molecular formula is C17H24N2O3S. The Labute approximate surface area is 138 Å². The lowest BCUT2D eigenvalue weighted by Gasteiger charge is -2.20. The molecule has 0 spiro atoms. The van der Waals surface area contributed by atoms with Crippen molar-refractivity contribution in [3.8, 4) is 0 Å². The minimum Gasteiger partial charge on any atom is -0.326 e. The molecule has 0 radical (unpaired) electrons. The minimum atomic E-state index is -3.42. The average Bonchev–Trinajstić information content (AvgIpc) is 3.30. The van der Waals surface area contributed by atoms with E-state index >= 15 is 0 Å². The van der Waals surface area contributed by atoms with Crippen molar-refractivity contribution < 1.29 is 13.2 Å². The molecule has 23 heavy (non-hydrogen) atoms. The molecule has 2 fully saturated rings. The molecular weight excluding hydrogens is 312 g/mol. The van der Waals surface area contributed by atoms with E-state index in [1.165, 1.54) is 0 Å². The van der Waals surface area contributed by atoms with Crippen molar-refractivity contribution in [1.82, 2.24) is 4.31 Å². The van der Waals surface area contributed by atoms with Gasteiger partial charge in [0.2, 0.25) is 15.9 Å². The van der Waals surface area contributed by atoms with E-state index in [1.54, 1.807) is 28.6 Å². The number of hydrogen-bond acceptors (Lipinski definition) is 3. The van der Waals surface area contributed by atoms with Crippen molar-refractivity contribution in [3.05, 3.63) is 24.3 Å². The topological polar surface area (TPSA) is 66.5 Å². The third-order valence-electron chi connectivity index (χ3n) is 4.77. The predicted molar refractivity (Wildman–Crippen MR) is 89.6 cm³/mol. The second-order valence-corrected chi connectivity index (χ2v) is 8.59. The average molecular weight is 336 g/mol.